The molecule has 0 aliphatic heterocycles. The van der Waals surface area contributed by atoms with Crippen molar-refractivity contribution in [1.29, 1.82) is 0 Å². The highest BCUT2D eigenvalue weighted by atomic mass is 32.2. The van der Waals surface area contributed by atoms with Crippen molar-refractivity contribution in [3.8, 4) is 0 Å². The van der Waals surface area contributed by atoms with E-state index in [0.29, 0.717) is 18.8 Å². The SMILES string of the molecule is CSCC(C)(O)CNCc1cccc(F)c1. The molecule has 0 saturated carbocycles. The molecule has 4 heteroatoms. The molecular weight excluding hydrogens is 225 g/mol. The van der Waals surface area contributed by atoms with Gasteiger partial charge in [-0.1, -0.05) is 12.1 Å². The van der Waals surface area contributed by atoms with Gasteiger partial charge in [0, 0.05) is 18.8 Å². The monoisotopic (exact) mass is 243 g/mol. The third-order valence-electron chi connectivity index (χ3n) is 2.18. The molecule has 16 heavy (non-hydrogen) atoms. The van der Waals surface area contributed by atoms with Gasteiger partial charge in [-0.05, 0) is 30.9 Å². The zero-order valence-electron chi connectivity index (χ0n) is 9.66. The predicted molar refractivity (Wildman–Crippen MR) is 67.1 cm³/mol. The van der Waals surface area contributed by atoms with E-state index in [2.05, 4.69) is 5.32 Å². The first-order valence-electron chi connectivity index (χ1n) is 5.20. The van der Waals surface area contributed by atoms with Gasteiger partial charge in [0.05, 0.1) is 5.60 Å². The van der Waals surface area contributed by atoms with Crippen LogP contribution >= 0.6 is 11.8 Å². The molecule has 0 aliphatic rings. The Balaban J connectivity index is 2.35. The van der Waals surface area contributed by atoms with Gasteiger partial charge in [-0.25, -0.2) is 4.39 Å². The molecule has 0 radical (unpaired) electrons. The summed E-state index contributed by atoms with van der Waals surface area (Å²) >= 11 is 1.61. The maximum atomic E-state index is 12.9. The fourth-order valence-corrected chi connectivity index (χ4v) is 2.21. The van der Waals surface area contributed by atoms with Gasteiger partial charge in [-0.2, -0.15) is 11.8 Å². The summed E-state index contributed by atoms with van der Waals surface area (Å²) in [6.45, 7) is 2.87. The van der Waals surface area contributed by atoms with Crippen LogP contribution in [0.15, 0.2) is 24.3 Å². The Morgan fingerprint density at radius 2 is 2.25 bits per heavy atom. The number of halogens is 1. The van der Waals surface area contributed by atoms with Crippen LogP contribution in [-0.2, 0) is 6.54 Å². The lowest BCUT2D eigenvalue weighted by atomic mass is 10.1. The number of aliphatic hydroxyl groups is 1. The highest BCUT2D eigenvalue weighted by Crippen LogP contribution is 2.09. The molecule has 1 atom stereocenters. The van der Waals surface area contributed by atoms with Crippen LogP contribution in [0.2, 0.25) is 0 Å². The van der Waals surface area contributed by atoms with E-state index in [-0.39, 0.29) is 5.82 Å². The first-order chi connectivity index (χ1) is 7.53. The van der Waals surface area contributed by atoms with Crippen molar-refractivity contribution in [2.75, 3.05) is 18.6 Å². The van der Waals surface area contributed by atoms with E-state index in [9.17, 15) is 9.50 Å². The molecule has 0 saturated heterocycles. The molecule has 1 unspecified atom stereocenters. The van der Waals surface area contributed by atoms with E-state index < -0.39 is 5.60 Å². The van der Waals surface area contributed by atoms with E-state index in [1.807, 2.05) is 12.3 Å². The van der Waals surface area contributed by atoms with Gasteiger partial charge in [-0.15, -0.1) is 0 Å². The minimum atomic E-state index is -0.716. The van der Waals surface area contributed by atoms with Crippen LogP contribution in [0.3, 0.4) is 0 Å². The number of nitrogens with one attached hydrogen (secondary N) is 1. The second-order valence-electron chi connectivity index (χ2n) is 4.16. The number of hydrogen-bond donors (Lipinski definition) is 2. The van der Waals surface area contributed by atoms with Crippen molar-refractivity contribution >= 4 is 11.8 Å². The predicted octanol–water partition coefficient (Wildman–Crippen LogP) is 2.03. The Bertz CT molecular complexity index is 331. The quantitative estimate of drug-likeness (QED) is 0.802. The number of rotatable bonds is 6. The van der Waals surface area contributed by atoms with Crippen LogP contribution in [0.25, 0.3) is 0 Å². The topological polar surface area (TPSA) is 32.3 Å². The molecule has 0 spiro atoms. The van der Waals surface area contributed by atoms with Crippen LogP contribution in [0.1, 0.15) is 12.5 Å². The van der Waals surface area contributed by atoms with Crippen molar-refractivity contribution in [3.05, 3.63) is 35.6 Å². The lowest BCUT2D eigenvalue weighted by Gasteiger charge is -2.22. The smallest absolute Gasteiger partial charge is 0.123 e. The van der Waals surface area contributed by atoms with Crippen LogP contribution in [0.5, 0.6) is 0 Å². The maximum absolute atomic E-state index is 12.9. The van der Waals surface area contributed by atoms with Gasteiger partial charge < -0.3 is 10.4 Å². The third kappa shape index (κ3) is 4.96. The lowest BCUT2D eigenvalue weighted by Crippen LogP contribution is -2.39. The van der Waals surface area contributed by atoms with Crippen molar-refractivity contribution in [3.63, 3.8) is 0 Å². The zero-order chi connectivity index (χ0) is 12.0. The average molecular weight is 243 g/mol. The second-order valence-corrected chi connectivity index (χ2v) is 5.03. The summed E-state index contributed by atoms with van der Waals surface area (Å²) in [5.74, 6) is 0.457. The first-order valence-corrected chi connectivity index (χ1v) is 6.59. The van der Waals surface area contributed by atoms with Gasteiger partial charge in [0.2, 0.25) is 0 Å². The van der Waals surface area contributed by atoms with Crippen LogP contribution in [-0.4, -0.2) is 29.3 Å². The molecule has 0 aromatic heterocycles. The zero-order valence-corrected chi connectivity index (χ0v) is 10.5. The molecule has 1 rings (SSSR count). The van der Waals surface area contributed by atoms with E-state index in [1.165, 1.54) is 12.1 Å². The normalized spacial score (nSPS) is 14.8. The Kier molecular flexibility index (Phi) is 5.25. The van der Waals surface area contributed by atoms with Crippen molar-refractivity contribution in [2.24, 2.45) is 0 Å². The standard InChI is InChI=1S/C12H18FNOS/c1-12(15,9-16-2)8-14-7-10-4-3-5-11(13)6-10/h3-6,14-15H,7-9H2,1-2H3. The highest BCUT2D eigenvalue weighted by Gasteiger charge is 2.18. The Morgan fingerprint density at radius 1 is 1.50 bits per heavy atom. The maximum Gasteiger partial charge on any atom is 0.123 e. The molecule has 90 valence electrons. The van der Waals surface area contributed by atoms with Crippen molar-refractivity contribution in [1.82, 2.24) is 5.32 Å². The first kappa shape index (κ1) is 13.5. The van der Waals surface area contributed by atoms with Gasteiger partial charge >= 0.3 is 0 Å². The highest BCUT2D eigenvalue weighted by molar-refractivity contribution is 7.98. The molecular formula is C12H18FNOS. The summed E-state index contributed by atoms with van der Waals surface area (Å²) in [5, 5.41) is 13.0. The Hall–Kier alpha value is -0.580. The summed E-state index contributed by atoms with van der Waals surface area (Å²) in [4.78, 5) is 0. The van der Waals surface area contributed by atoms with Crippen LogP contribution in [0.4, 0.5) is 4.39 Å². The minimum absolute atomic E-state index is 0.227. The molecule has 2 N–H and O–H groups in total. The van der Waals surface area contributed by atoms with E-state index >= 15 is 0 Å². The molecule has 1 aromatic carbocycles. The number of hydrogen-bond acceptors (Lipinski definition) is 3. The fraction of sp³-hybridized carbons (Fsp3) is 0.500. The molecule has 0 amide bonds. The molecule has 1 aromatic rings. The summed E-state index contributed by atoms with van der Waals surface area (Å²) < 4.78 is 12.9. The van der Waals surface area contributed by atoms with E-state index in [1.54, 1.807) is 24.8 Å². The van der Waals surface area contributed by atoms with Gasteiger partial charge in [0.25, 0.3) is 0 Å². The average Bonchev–Trinajstić information content (AvgIpc) is 2.17. The molecule has 0 aliphatic carbocycles. The third-order valence-corrected chi connectivity index (χ3v) is 3.09. The second kappa shape index (κ2) is 6.23. The van der Waals surface area contributed by atoms with Crippen molar-refractivity contribution in [2.45, 2.75) is 19.1 Å². The Labute approximate surface area is 100 Å². The van der Waals surface area contributed by atoms with Gasteiger partial charge in [-0.3, -0.25) is 0 Å². The molecule has 0 fully saturated rings. The Morgan fingerprint density at radius 3 is 2.88 bits per heavy atom. The fourth-order valence-electron chi connectivity index (χ4n) is 1.49. The number of thioether (sulfide) groups is 1. The van der Waals surface area contributed by atoms with Crippen LogP contribution in [0, 0.1) is 5.82 Å². The van der Waals surface area contributed by atoms with Crippen molar-refractivity contribution < 1.29 is 9.50 Å². The molecule has 2 nitrogen and oxygen atoms in total. The summed E-state index contributed by atoms with van der Waals surface area (Å²) in [5.41, 5.74) is 0.173. The largest absolute Gasteiger partial charge is 0.388 e. The van der Waals surface area contributed by atoms with Crippen LogP contribution < -0.4 is 5.32 Å². The summed E-state index contributed by atoms with van der Waals surface area (Å²) in [7, 11) is 0. The summed E-state index contributed by atoms with van der Waals surface area (Å²) in [6, 6.07) is 6.47. The molecule has 0 bridgehead atoms. The van der Waals surface area contributed by atoms with E-state index in [0.717, 1.165) is 5.56 Å². The van der Waals surface area contributed by atoms with Gasteiger partial charge in [0.1, 0.15) is 5.82 Å². The van der Waals surface area contributed by atoms with E-state index in [4.69, 9.17) is 0 Å². The minimum Gasteiger partial charge on any atom is -0.388 e. The lowest BCUT2D eigenvalue weighted by molar-refractivity contribution is 0.0846. The summed E-state index contributed by atoms with van der Waals surface area (Å²) in [6.07, 6.45) is 1.96. The van der Waals surface area contributed by atoms with Gasteiger partial charge in [0.15, 0.2) is 0 Å². The molecule has 0 heterocycles. The number of benzene rings is 1.